The quantitative estimate of drug-likeness (QED) is 0.873. The number of nitrogens with two attached hydrogens (primary N) is 1. The molecule has 1 atom stereocenters. The SMILES string of the molecule is Cc1nc(N)cc(NCC(C)N(C)c2ccccc2)n1. The highest BCUT2D eigenvalue weighted by molar-refractivity contribution is 5.48. The molecule has 1 aromatic heterocycles. The number of hydrogen-bond donors (Lipinski definition) is 2. The molecule has 20 heavy (non-hydrogen) atoms. The summed E-state index contributed by atoms with van der Waals surface area (Å²) < 4.78 is 0. The van der Waals surface area contributed by atoms with Gasteiger partial charge in [0.2, 0.25) is 0 Å². The Balaban J connectivity index is 1.96. The van der Waals surface area contributed by atoms with Crippen LogP contribution in [0.3, 0.4) is 0 Å². The molecule has 0 saturated carbocycles. The number of nitrogens with zero attached hydrogens (tertiary/aromatic N) is 3. The van der Waals surface area contributed by atoms with E-state index in [1.165, 1.54) is 5.69 Å². The standard InChI is InChI=1S/C15H21N5/c1-11(20(3)13-7-5-4-6-8-13)10-17-15-9-14(16)18-12(2)19-15/h4-9,11H,10H2,1-3H3,(H3,16,17,18,19). The van der Waals surface area contributed by atoms with Gasteiger partial charge in [0.1, 0.15) is 17.5 Å². The topological polar surface area (TPSA) is 67.1 Å². The highest BCUT2D eigenvalue weighted by Crippen LogP contribution is 2.15. The molecule has 5 heteroatoms. The van der Waals surface area contributed by atoms with Crippen LogP contribution >= 0.6 is 0 Å². The van der Waals surface area contributed by atoms with Crippen LogP contribution in [0.2, 0.25) is 0 Å². The number of nitrogen functional groups attached to an aromatic ring is 1. The van der Waals surface area contributed by atoms with Crippen molar-refractivity contribution in [2.24, 2.45) is 0 Å². The lowest BCUT2D eigenvalue weighted by atomic mass is 10.2. The summed E-state index contributed by atoms with van der Waals surface area (Å²) in [6.07, 6.45) is 0. The van der Waals surface area contributed by atoms with Crippen LogP contribution in [0, 0.1) is 6.92 Å². The van der Waals surface area contributed by atoms with Crippen molar-refractivity contribution < 1.29 is 0 Å². The maximum Gasteiger partial charge on any atom is 0.131 e. The summed E-state index contributed by atoms with van der Waals surface area (Å²) in [6.45, 7) is 4.78. The molecule has 1 aromatic carbocycles. The number of benzene rings is 1. The van der Waals surface area contributed by atoms with Crippen molar-refractivity contribution in [3.8, 4) is 0 Å². The van der Waals surface area contributed by atoms with Crippen molar-refractivity contribution in [3.63, 3.8) is 0 Å². The number of hydrogen-bond acceptors (Lipinski definition) is 5. The maximum atomic E-state index is 5.72. The molecule has 2 aromatic rings. The fourth-order valence-electron chi connectivity index (χ4n) is 1.99. The average molecular weight is 271 g/mol. The number of nitrogens with one attached hydrogen (secondary N) is 1. The zero-order chi connectivity index (χ0) is 14.5. The van der Waals surface area contributed by atoms with Gasteiger partial charge in [-0.2, -0.15) is 0 Å². The monoisotopic (exact) mass is 271 g/mol. The summed E-state index contributed by atoms with van der Waals surface area (Å²) in [5.74, 6) is 1.93. The van der Waals surface area contributed by atoms with Crippen molar-refractivity contribution in [1.29, 1.82) is 0 Å². The van der Waals surface area contributed by atoms with Crippen LogP contribution in [-0.2, 0) is 0 Å². The fourth-order valence-corrected chi connectivity index (χ4v) is 1.99. The lowest BCUT2D eigenvalue weighted by molar-refractivity contribution is 0.714. The number of para-hydroxylation sites is 1. The Kier molecular flexibility index (Phi) is 4.40. The number of rotatable bonds is 5. The number of anilines is 3. The van der Waals surface area contributed by atoms with Gasteiger partial charge in [-0.05, 0) is 26.0 Å². The molecule has 0 saturated heterocycles. The minimum absolute atomic E-state index is 0.328. The van der Waals surface area contributed by atoms with Gasteiger partial charge >= 0.3 is 0 Å². The number of aromatic nitrogens is 2. The van der Waals surface area contributed by atoms with E-state index < -0.39 is 0 Å². The molecular weight excluding hydrogens is 250 g/mol. The van der Waals surface area contributed by atoms with E-state index in [0.29, 0.717) is 17.7 Å². The van der Waals surface area contributed by atoms with E-state index >= 15 is 0 Å². The Morgan fingerprint density at radius 1 is 1.25 bits per heavy atom. The Labute approximate surface area is 119 Å². The van der Waals surface area contributed by atoms with Crippen molar-refractivity contribution in [3.05, 3.63) is 42.2 Å². The van der Waals surface area contributed by atoms with Gasteiger partial charge in [-0.15, -0.1) is 0 Å². The van der Waals surface area contributed by atoms with Gasteiger partial charge in [0.05, 0.1) is 0 Å². The van der Waals surface area contributed by atoms with E-state index in [1.54, 1.807) is 6.07 Å². The van der Waals surface area contributed by atoms with Crippen LogP contribution in [0.5, 0.6) is 0 Å². The molecule has 0 aliphatic heterocycles. The van der Waals surface area contributed by atoms with E-state index in [-0.39, 0.29) is 0 Å². The number of likely N-dealkylation sites (N-methyl/N-ethyl adjacent to an activating group) is 1. The van der Waals surface area contributed by atoms with E-state index in [2.05, 4.69) is 46.3 Å². The lowest BCUT2D eigenvalue weighted by Gasteiger charge is -2.27. The molecule has 1 heterocycles. The van der Waals surface area contributed by atoms with Crippen molar-refractivity contribution in [2.45, 2.75) is 19.9 Å². The van der Waals surface area contributed by atoms with Crippen LogP contribution in [0.15, 0.2) is 36.4 Å². The lowest BCUT2D eigenvalue weighted by Crippen LogP contribution is -2.34. The summed E-state index contributed by atoms with van der Waals surface area (Å²) in [7, 11) is 2.08. The third kappa shape index (κ3) is 3.60. The molecule has 0 aliphatic carbocycles. The van der Waals surface area contributed by atoms with Crippen LogP contribution in [0.1, 0.15) is 12.7 Å². The van der Waals surface area contributed by atoms with Gasteiger partial charge in [0.15, 0.2) is 0 Å². The molecule has 106 valence electrons. The molecule has 5 nitrogen and oxygen atoms in total. The van der Waals surface area contributed by atoms with E-state index in [0.717, 1.165) is 12.4 Å². The predicted molar refractivity (Wildman–Crippen MR) is 84.0 cm³/mol. The minimum Gasteiger partial charge on any atom is -0.384 e. The first-order chi connectivity index (χ1) is 9.56. The van der Waals surface area contributed by atoms with Crippen LogP contribution in [0.4, 0.5) is 17.3 Å². The smallest absolute Gasteiger partial charge is 0.131 e. The Morgan fingerprint density at radius 2 is 1.95 bits per heavy atom. The Bertz CT molecular complexity index is 535. The third-order valence-electron chi connectivity index (χ3n) is 3.26. The molecule has 0 bridgehead atoms. The second-order valence-electron chi connectivity index (χ2n) is 4.90. The van der Waals surface area contributed by atoms with Gasteiger partial charge in [-0.25, -0.2) is 9.97 Å². The zero-order valence-corrected chi connectivity index (χ0v) is 12.2. The maximum absolute atomic E-state index is 5.72. The summed E-state index contributed by atoms with van der Waals surface area (Å²) >= 11 is 0. The van der Waals surface area contributed by atoms with E-state index in [4.69, 9.17) is 5.73 Å². The van der Waals surface area contributed by atoms with Crippen molar-refractivity contribution in [1.82, 2.24) is 9.97 Å². The van der Waals surface area contributed by atoms with Crippen molar-refractivity contribution in [2.75, 3.05) is 29.5 Å². The molecule has 2 rings (SSSR count). The predicted octanol–water partition coefficient (Wildman–Crippen LogP) is 2.30. The van der Waals surface area contributed by atoms with Gasteiger partial charge in [-0.1, -0.05) is 18.2 Å². The first kappa shape index (κ1) is 14.1. The molecule has 1 unspecified atom stereocenters. The second kappa shape index (κ2) is 6.23. The Morgan fingerprint density at radius 3 is 2.60 bits per heavy atom. The molecule has 0 aliphatic rings. The summed E-state index contributed by atoms with van der Waals surface area (Å²) in [5.41, 5.74) is 6.91. The average Bonchev–Trinajstić information content (AvgIpc) is 2.44. The highest BCUT2D eigenvalue weighted by atomic mass is 15.2. The highest BCUT2D eigenvalue weighted by Gasteiger charge is 2.10. The first-order valence-electron chi connectivity index (χ1n) is 6.69. The largest absolute Gasteiger partial charge is 0.384 e. The molecule has 0 spiro atoms. The molecule has 0 amide bonds. The first-order valence-corrected chi connectivity index (χ1v) is 6.69. The fraction of sp³-hybridized carbons (Fsp3) is 0.333. The van der Waals surface area contributed by atoms with Crippen molar-refractivity contribution >= 4 is 17.3 Å². The minimum atomic E-state index is 0.328. The summed E-state index contributed by atoms with van der Waals surface area (Å²) in [4.78, 5) is 10.6. The number of aryl methyl sites for hydroxylation is 1. The van der Waals surface area contributed by atoms with Crippen LogP contribution < -0.4 is 16.0 Å². The van der Waals surface area contributed by atoms with Crippen LogP contribution in [-0.4, -0.2) is 29.6 Å². The van der Waals surface area contributed by atoms with Crippen LogP contribution in [0.25, 0.3) is 0 Å². The van der Waals surface area contributed by atoms with Gasteiger partial charge in [0.25, 0.3) is 0 Å². The normalized spacial score (nSPS) is 11.9. The third-order valence-corrected chi connectivity index (χ3v) is 3.26. The van der Waals surface area contributed by atoms with Gasteiger partial charge in [0, 0.05) is 31.4 Å². The van der Waals surface area contributed by atoms with E-state index in [9.17, 15) is 0 Å². The molecule has 0 fully saturated rings. The Hall–Kier alpha value is -2.30. The molecule has 0 radical (unpaired) electrons. The zero-order valence-electron chi connectivity index (χ0n) is 12.2. The molecule has 3 N–H and O–H groups in total. The van der Waals surface area contributed by atoms with Gasteiger partial charge in [-0.3, -0.25) is 0 Å². The summed E-state index contributed by atoms with van der Waals surface area (Å²) in [6, 6.07) is 12.4. The molecular formula is C15H21N5. The van der Waals surface area contributed by atoms with E-state index in [1.807, 2.05) is 25.1 Å². The van der Waals surface area contributed by atoms with Gasteiger partial charge < -0.3 is 16.0 Å². The summed E-state index contributed by atoms with van der Waals surface area (Å²) in [5, 5.41) is 3.30. The second-order valence-corrected chi connectivity index (χ2v) is 4.90.